The van der Waals surface area contributed by atoms with Crippen LogP contribution in [0.4, 0.5) is 0 Å². The maximum Gasteiger partial charge on any atom is 0.272 e. The highest BCUT2D eigenvalue weighted by atomic mass is 16.2. The van der Waals surface area contributed by atoms with Crippen LogP contribution in [0.25, 0.3) is 0 Å². The number of rotatable bonds is 2. The van der Waals surface area contributed by atoms with Crippen molar-refractivity contribution >= 4 is 11.8 Å². The second-order valence-electron chi connectivity index (χ2n) is 4.12. The first-order valence-corrected chi connectivity index (χ1v) is 5.42. The van der Waals surface area contributed by atoms with Crippen molar-refractivity contribution in [2.75, 3.05) is 13.6 Å². The van der Waals surface area contributed by atoms with Gasteiger partial charge in [0, 0.05) is 19.8 Å². The normalized spacial score (nSPS) is 19.5. The number of likely N-dealkylation sites (N-methyl/N-ethyl adjacent to an activating group) is 1. The molecule has 17 heavy (non-hydrogen) atoms. The van der Waals surface area contributed by atoms with Crippen molar-refractivity contribution in [3.8, 4) is 0 Å². The number of hydrogen-bond acceptors (Lipinski definition) is 4. The molecule has 0 saturated carbocycles. The molecule has 1 atom stereocenters. The maximum absolute atomic E-state index is 11.8. The fraction of sp³-hybridized carbons (Fsp3) is 0.455. The summed E-state index contributed by atoms with van der Waals surface area (Å²) < 4.78 is 0. The Morgan fingerprint density at radius 2 is 2.24 bits per heavy atom. The molecule has 6 nitrogen and oxygen atoms in total. The Kier molecular flexibility index (Phi) is 3.03. The van der Waals surface area contributed by atoms with Crippen molar-refractivity contribution in [1.82, 2.24) is 20.2 Å². The summed E-state index contributed by atoms with van der Waals surface area (Å²) in [6.45, 7) is 2.47. The molecule has 6 heteroatoms. The SMILES string of the molecule is Cc1cnc(C(=O)NC2CCN(C)C2=O)cn1. The average molecular weight is 234 g/mol. The van der Waals surface area contributed by atoms with Gasteiger partial charge in [-0.25, -0.2) is 4.98 Å². The van der Waals surface area contributed by atoms with Crippen molar-refractivity contribution < 1.29 is 9.59 Å². The van der Waals surface area contributed by atoms with Crippen molar-refractivity contribution in [2.45, 2.75) is 19.4 Å². The predicted octanol–water partition coefficient (Wildman–Crippen LogP) is -0.254. The molecule has 2 amide bonds. The van der Waals surface area contributed by atoms with Crippen LogP contribution in [0.15, 0.2) is 12.4 Å². The van der Waals surface area contributed by atoms with Crippen molar-refractivity contribution in [3.05, 3.63) is 23.8 Å². The largest absolute Gasteiger partial charge is 0.344 e. The summed E-state index contributed by atoms with van der Waals surface area (Å²) in [5.74, 6) is -0.412. The highest BCUT2D eigenvalue weighted by Gasteiger charge is 2.30. The van der Waals surface area contributed by atoms with E-state index >= 15 is 0 Å². The lowest BCUT2D eigenvalue weighted by Crippen LogP contribution is -2.40. The first kappa shape index (κ1) is 11.5. The molecule has 1 unspecified atom stereocenters. The lowest BCUT2D eigenvalue weighted by Gasteiger charge is -2.11. The zero-order valence-corrected chi connectivity index (χ0v) is 9.80. The third-order valence-electron chi connectivity index (χ3n) is 2.75. The molecule has 1 aliphatic heterocycles. The van der Waals surface area contributed by atoms with Crippen LogP contribution in [0, 0.1) is 6.92 Å². The predicted molar refractivity (Wildman–Crippen MR) is 60.3 cm³/mol. The quantitative estimate of drug-likeness (QED) is 0.765. The second-order valence-corrected chi connectivity index (χ2v) is 4.12. The van der Waals surface area contributed by atoms with Crippen LogP contribution in [0.5, 0.6) is 0 Å². The lowest BCUT2D eigenvalue weighted by molar-refractivity contribution is -0.128. The molecule has 1 aromatic heterocycles. The zero-order chi connectivity index (χ0) is 12.4. The van der Waals surface area contributed by atoms with E-state index in [2.05, 4.69) is 15.3 Å². The fourth-order valence-corrected chi connectivity index (χ4v) is 1.70. The van der Waals surface area contributed by atoms with Gasteiger partial charge in [0.1, 0.15) is 11.7 Å². The van der Waals surface area contributed by atoms with Crippen LogP contribution in [0.2, 0.25) is 0 Å². The van der Waals surface area contributed by atoms with E-state index in [0.29, 0.717) is 13.0 Å². The van der Waals surface area contributed by atoms with Gasteiger partial charge in [-0.05, 0) is 13.3 Å². The number of carbonyl (C=O) groups is 2. The van der Waals surface area contributed by atoms with Crippen molar-refractivity contribution in [3.63, 3.8) is 0 Å². The molecule has 90 valence electrons. The number of carbonyl (C=O) groups excluding carboxylic acids is 2. The summed E-state index contributed by atoms with van der Waals surface area (Å²) in [6.07, 6.45) is 3.58. The molecule has 0 radical (unpaired) electrons. The summed E-state index contributed by atoms with van der Waals surface area (Å²) >= 11 is 0. The first-order chi connectivity index (χ1) is 8.08. The standard InChI is InChI=1S/C11H14N4O2/c1-7-5-13-9(6-12-7)10(16)14-8-3-4-15(2)11(8)17/h5-6,8H,3-4H2,1-2H3,(H,14,16). The summed E-state index contributed by atoms with van der Waals surface area (Å²) in [5.41, 5.74) is 0.983. The van der Waals surface area contributed by atoms with Crippen molar-refractivity contribution in [1.29, 1.82) is 0 Å². The Morgan fingerprint density at radius 1 is 1.47 bits per heavy atom. The van der Waals surface area contributed by atoms with Gasteiger partial charge in [0.25, 0.3) is 5.91 Å². The third-order valence-corrected chi connectivity index (χ3v) is 2.75. The van der Waals surface area contributed by atoms with Gasteiger partial charge in [-0.15, -0.1) is 0 Å². The number of nitrogens with one attached hydrogen (secondary N) is 1. The van der Waals surface area contributed by atoms with Crippen LogP contribution in [0.1, 0.15) is 22.6 Å². The summed E-state index contributed by atoms with van der Waals surface area (Å²) in [5, 5.41) is 2.66. The molecule has 1 N–H and O–H groups in total. The van der Waals surface area contributed by atoms with Gasteiger partial charge in [0.2, 0.25) is 5.91 Å². The molecule has 1 fully saturated rings. The topological polar surface area (TPSA) is 75.2 Å². The van der Waals surface area contributed by atoms with Gasteiger partial charge in [0.15, 0.2) is 0 Å². The second kappa shape index (κ2) is 4.48. The zero-order valence-electron chi connectivity index (χ0n) is 9.80. The minimum absolute atomic E-state index is 0.0570. The summed E-state index contributed by atoms with van der Waals surface area (Å²) in [4.78, 5) is 32.9. The minimum Gasteiger partial charge on any atom is -0.344 e. The number of amides is 2. The van der Waals surface area contributed by atoms with Gasteiger partial charge in [-0.3, -0.25) is 14.6 Å². The molecular formula is C11H14N4O2. The minimum atomic E-state index is -0.435. The van der Waals surface area contributed by atoms with Crippen LogP contribution in [0.3, 0.4) is 0 Å². The third kappa shape index (κ3) is 2.41. The molecule has 1 saturated heterocycles. The molecule has 1 aromatic rings. The summed E-state index contributed by atoms with van der Waals surface area (Å²) in [7, 11) is 1.72. The number of likely N-dealkylation sites (tertiary alicyclic amines) is 1. The molecule has 2 rings (SSSR count). The van der Waals surface area contributed by atoms with Crippen LogP contribution in [-0.2, 0) is 4.79 Å². The molecule has 1 aliphatic rings. The first-order valence-electron chi connectivity index (χ1n) is 5.42. The van der Waals surface area contributed by atoms with Gasteiger partial charge in [0.05, 0.1) is 11.9 Å². The van der Waals surface area contributed by atoms with Crippen LogP contribution >= 0.6 is 0 Å². The molecule has 0 aromatic carbocycles. The Morgan fingerprint density at radius 3 is 2.76 bits per heavy atom. The number of aromatic nitrogens is 2. The number of aryl methyl sites for hydroxylation is 1. The highest BCUT2D eigenvalue weighted by Crippen LogP contribution is 2.09. The van der Waals surface area contributed by atoms with Crippen LogP contribution in [-0.4, -0.2) is 46.3 Å². The fourth-order valence-electron chi connectivity index (χ4n) is 1.70. The molecule has 0 bridgehead atoms. The smallest absolute Gasteiger partial charge is 0.272 e. The molecular weight excluding hydrogens is 220 g/mol. The lowest BCUT2D eigenvalue weighted by atomic mass is 10.2. The number of nitrogens with zero attached hydrogens (tertiary/aromatic N) is 3. The molecule has 0 aliphatic carbocycles. The molecule has 0 spiro atoms. The molecule has 2 heterocycles. The van der Waals surface area contributed by atoms with Crippen LogP contribution < -0.4 is 5.32 Å². The average Bonchev–Trinajstić information content (AvgIpc) is 2.62. The van der Waals surface area contributed by atoms with E-state index in [-0.39, 0.29) is 17.5 Å². The Balaban J connectivity index is 2.02. The van der Waals surface area contributed by atoms with Gasteiger partial charge >= 0.3 is 0 Å². The van der Waals surface area contributed by atoms with E-state index in [9.17, 15) is 9.59 Å². The Bertz CT molecular complexity index is 443. The van der Waals surface area contributed by atoms with E-state index < -0.39 is 6.04 Å². The van der Waals surface area contributed by atoms with E-state index in [1.807, 2.05) is 0 Å². The van der Waals surface area contributed by atoms with Gasteiger partial charge in [-0.2, -0.15) is 0 Å². The van der Waals surface area contributed by atoms with Gasteiger partial charge in [-0.1, -0.05) is 0 Å². The van der Waals surface area contributed by atoms with E-state index in [1.165, 1.54) is 12.4 Å². The Hall–Kier alpha value is -1.98. The maximum atomic E-state index is 11.8. The van der Waals surface area contributed by atoms with E-state index in [4.69, 9.17) is 0 Å². The van der Waals surface area contributed by atoms with E-state index in [0.717, 1.165) is 5.69 Å². The van der Waals surface area contributed by atoms with Crippen molar-refractivity contribution in [2.24, 2.45) is 0 Å². The van der Waals surface area contributed by atoms with E-state index in [1.54, 1.807) is 18.9 Å². The summed E-state index contributed by atoms with van der Waals surface area (Å²) in [6, 6.07) is -0.435. The van der Waals surface area contributed by atoms with Gasteiger partial charge < -0.3 is 10.2 Å². The monoisotopic (exact) mass is 234 g/mol. The number of hydrogen-bond donors (Lipinski definition) is 1. The Labute approximate surface area is 99.1 Å². The highest BCUT2D eigenvalue weighted by molar-refractivity contribution is 5.96.